The van der Waals surface area contributed by atoms with Crippen molar-refractivity contribution in [2.75, 3.05) is 20.2 Å². The van der Waals surface area contributed by atoms with Crippen LogP contribution in [0.25, 0.3) is 0 Å². The van der Waals surface area contributed by atoms with E-state index in [-0.39, 0.29) is 18.7 Å². The first-order chi connectivity index (χ1) is 10.9. The third kappa shape index (κ3) is 4.28. The van der Waals surface area contributed by atoms with Gasteiger partial charge >= 0.3 is 0 Å². The second-order valence-corrected chi connectivity index (χ2v) is 5.50. The highest BCUT2D eigenvalue weighted by atomic mass is 19.2. The molecule has 0 atom stereocenters. The minimum atomic E-state index is -1.13. The smallest absolute Gasteiger partial charge is 0.256 e. The molecule has 5 heteroatoms. The second-order valence-electron chi connectivity index (χ2n) is 5.50. The second kappa shape index (κ2) is 7.22. The lowest BCUT2D eigenvalue weighted by molar-refractivity contribution is 0.0768. The molecule has 0 aromatic heterocycles. The van der Waals surface area contributed by atoms with Gasteiger partial charge in [-0.3, -0.25) is 4.79 Å². The Balaban J connectivity index is 1.95. The summed E-state index contributed by atoms with van der Waals surface area (Å²) in [4.78, 5) is 13.4. The first-order valence-electron chi connectivity index (χ1n) is 7.29. The van der Waals surface area contributed by atoms with Gasteiger partial charge in [-0.2, -0.15) is 0 Å². The number of nitrogens with zero attached hydrogens (tertiary/aromatic N) is 1. The summed E-state index contributed by atoms with van der Waals surface area (Å²) < 4.78 is 32.4. The van der Waals surface area contributed by atoms with Crippen molar-refractivity contribution >= 4 is 5.91 Å². The van der Waals surface area contributed by atoms with E-state index < -0.39 is 17.5 Å². The quantitative estimate of drug-likeness (QED) is 0.840. The highest BCUT2D eigenvalue weighted by molar-refractivity contribution is 5.94. The minimum absolute atomic E-state index is 0.266. The Morgan fingerprint density at radius 1 is 1.13 bits per heavy atom. The number of rotatable bonds is 5. The zero-order valence-corrected chi connectivity index (χ0v) is 13.4. The van der Waals surface area contributed by atoms with Crippen LogP contribution < -0.4 is 4.74 Å². The van der Waals surface area contributed by atoms with E-state index in [4.69, 9.17) is 4.74 Å². The topological polar surface area (TPSA) is 29.5 Å². The standard InChI is InChI=1S/C18H19F2NO2/c1-12-9-13(2)11-14(10-12)23-8-7-21(3)18(22)15-5-4-6-16(19)17(15)20/h4-6,9-11H,7-8H2,1-3H3. The summed E-state index contributed by atoms with van der Waals surface area (Å²) in [6.07, 6.45) is 0. The van der Waals surface area contributed by atoms with Gasteiger partial charge < -0.3 is 9.64 Å². The van der Waals surface area contributed by atoms with Crippen LogP contribution in [0.15, 0.2) is 36.4 Å². The third-order valence-corrected chi connectivity index (χ3v) is 3.42. The fourth-order valence-electron chi connectivity index (χ4n) is 2.29. The highest BCUT2D eigenvalue weighted by Crippen LogP contribution is 2.16. The Bertz CT molecular complexity index is 696. The van der Waals surface area contributed by atoms with E-state index in [9.17, 15) is 13.6 Å². The molecule has 0 bridgehead atoms. The molecule has 0 aliphatic heterocycles. The molecule has 0 N–H and O–H groups in total. The molecule has 0 aliphatic carbocycles. The summed E-state index contributed by atoms with van der Waals surface area (Å²) in [5, 5.41) is 0. The van der Waals surface area contributed by atoms with Crippen LogP contribution in [-0.4, -0.2) is 31.0 Å². The van der Waals surface area contributed by atoms with Crippen molar-refractivity contribution in [3.8, 4) is 5.75 Å². The van der Waals surface area contributed by atoms with Gasteiger partial charge in [0.25, 0.3) is 5.91 Å². The summed E-state index contributed by atoms with van der Waals surface area (Å²) in [6, 6.07) is 9.40. The van der Waals surface area contributed by atoms with Gasteiger partial charge in [0.1, 0.15) is 12.4 Å². The number of amides is 1. The van der Waals surface area contributed by atoms with E-state index in [1.165, 1.54) is 24.1 Å². The van der Waals surface area contributed by atoms with E-state index in [1.54, 1.807) is 0 Å². The molecule has 0 saturated carbocycles. The molecule has 1 amide bonds. The summed E-state index contributed by atoms with van der Waals surface area (Å²) in [5.74, 6) is -2.01. The molecule has 122 valence electrons. The molecule has 0 heterocycles. The number of halogens is 2. The van der Waals surface area contributed by atoms with Gasteiger partial charge in [-0.05, 0) is 49.2 Å². The number of likely N-dealkylation sites (N-methyl/N-ethyl adjacent to an activating group) is 1. The summed E-state index contributed by atoms with van der Waals surface area (Å²) in [5.41, 5.74) is 1.90. The number of carbonyl (C=O) groups is 1. The van der Waals surface area contributed by atoms with Crippen LogP contribution >= 0.6 is 0 Å². The molecule has 23 heavy (non-hydrogen) atoms. The number of carbonyl (C=O) groups excluding carboxylic acids is 1. The number of hydrogen-bond acceptors (Lipinski definition) is 2. The van der Waals surface area contributed by atoms with Crippen molar-refractivity contribution < 1.29 is 18.3 Å². The Kier molecular flexibility index (Phi) is 5.32. The van der Waals surface area contributed by atoms with E-state index in [2.05, 4.69) is 0 Å². The van der Waals surface area contributed by atoms with Crippen molar-refractivity contribution in [3.05, 3.63) is 64.7 Å². The maximum absolute atomic E-state index is 13.6. The predicted octanol–water partition coefficient (Wildman–Crippen LogP) is 3.73. The van der Waals surface area contributed by atoms with Gasteiger partial charge in [0.2, 0.25) is 0 Å². The van der Waals surface area contributed by atoms with Crippen LogP contribution in [0.5, 0.6) is 5.75 Å². The molecule has 2 rings (SSSR count). The van der Waals surface area contributed by atoms with E-state index >= 15 is 0 Å². The SMILES string of the molecule is Cc1cc(C)cc(OCCN(C)C(=O)c2cccc(F)c2F)c1. The first kappa shape index (κ1) is 16.9. The van der Waals surface area contributed by atoms with Crippen LogP contribution in [0.2, 0.25) is 0 Å². The van der Waals surface area contributed by atoms with Crippen molar-refractivity contribution in [1.29, 1.82) is 0 Å². The van der Waals surface area contributed by atoms with Crippen LogP contribution in [-0.2, 0) is 0 Å². The van der Waals surface area contributed by atoms with Gasteiger partial charge in [0, 0.05) is 7.05 Å². The predicted molar refractivity (Wildman–Crippen MR) is 84.7 cm³/mol. The Morgan fingerprint density at radius 3 is 2.43 bits per heavy atom. The van der Waals surface area contributed by atoms with Crippen LogP contribution in [0.1, 0.15) is 21.5 Å². The zero-order valence-electron chi connectivity index (χ0n) is 13.4. The number of ether oxygens (including phenoxy) is 1. The van der Waals surface area contributed by atoms with Crippen molar-refractivity contribution in [2.24, 2.45) is 0 Å². The van der Waals surface area contributed by atoms with Gasteiger partial charge in [0.15, 0.2) is 11.6 Å². The lowest BCUT2D eigenvalue weighted by Crippen LogP contribution is -2.31. The molecule has 0 aliphatic rings. The summed E-state index contributed by atoms with van der Waals surface area (Å²) >= 11 is 0. The van der Waals surface area contributed by atoms with Crippen molar-refractivity contribution in [3.63, 3.8) is 0 Å². The van der Waals surface area contributed by atoms with Gasteiger partial charge in [-0.15, -0.1) is 0 Å². The molecule has 3 nitrogen and oxygen atoms in total. The largest absolute Gasteiger partial charge is 0.492 e. The van der Waals surface area contributed by atoms with Crippen LogP contribution in [0.4, 0.5) is 8.78 Å². The monoisotopic (exact) mass is 319 g/mol. The highest BCUT2D eigenvalue weighted by Gasteiger charge is 2.18. The molecular formula is C18H19F2NO2. The molecule has 2 aromatic carbocycles. The number of aryl methyl sites for hydroxylation is 2. The van der Waals surface area contributed by atoms with Gasteiger partial charge in [0.05, 0.1) is 12.1 Å². The minimum Gasteiger partial charge on any atom is -0.492 e. The normalized spacial score (nSPS) is 10.5. The maximum atomic E-state index is 13.6. The van der Waals surface area contributed by atoms with Crippen molar-refractivity contribution in [1.82, 2.24) is 4.90 Å². The number of benzene rings is 2. The fraction of sp³-hybridized carbons (Fsp3) is 0.278. The maximum Gasteiger partial charge on any atom is 0.256 e. The molecule has 2 aromatic rings. The Labute approximate surface area is 134 Å². The molecule has 0 spiro atoms. The molecule has 0 saturated heterocycles. The van der Waals surface area contributed by atoms with E-state index in [0.717, 1.165) is 22.9 Å². The lowest BCUT2D eigenvalue weighted by atomic mass is 10.1. The first-order valence-corrected chi connectivity index (χ1v) is 7.29. The Morgan fingerprint density at radius 2 is 1.78 bits per heavy atom. The lowest BCUT2D eigenvalue weighted by Gasteiger charge is -2.18. The third-order valence-electron chi connectivity index (χ3n) is 3.42. The average Bonchev–Trinajstić information content (AvgIpc) is 2.48. The zero-order chi connectivity index (χ0) is 17.0. The average molecular weight is 319 g/mol. The van der Waals surface area contributed by atoms with Gasteiger partial charge in [-0.25, -0.2) is 8.78 Å². The number of hydrogen-bond donors (Lipinski definition) is 0. The van der Waals surface area contributed by atoms with E-state index in [0.29, 0.717) is 0 Å². The van der Waals surface area contributed by atoms with Gasteiger partial charge in [-0.1, -0.05) is 12.1 Å². The molecular weight excluding hydrogens is 300 g/mol. The summed E-state index contributed by atoms with van der Waals surface area (Å²) in [7, 11) is 1.53. The summed E-state index contributed by atoms with van der Waals surface area (Å²) in [6.45, 7) is 4.48. The Hall–Kier alpha value is -2.43. The molecule has 0 fully saturated rings. The fourth-order valence-corrected chi connectivity index (χ4v) is 2.29. The van der Waals surface area contributed by atoms with Crippen LogP contribution in [0.3, 0.4) is 0 Å². The van der Waals surface area contributed by atoms with E-state index in [1.807, 2.05) is 32.0 Å². The molecule has 0 radical (unpaired) electrons. The van der Waals surface area contributed by atoms with Crippen LogP contribution in [0, 0.1) is 25.5 Å². The molecule has 0 unspecified atom stereocenters. The van der Waals surface area contributed by atoms with Crippen molar-refractivity contribution in [2.45, 2.75) is 13.8 Å².